The second-order valence-corrected chi connectivity index (χ2v) is 10.1. The molecule has 0 aliphatic heterocycles. The summed E-state index contributed by atoms with van der Waals surface area (Å²) in [5, 5.41) is 49.4. The predicted molar refractivity (Wildman–Crippen MR) is 180 cm³/mol. The molecule has 0 atom stereocenters. The van der Waals surface area contributed by atoms with Crippen LogP contribution in [0.3, 0.4) is 0 Å². The fourth-order valence-electron chi connectivity index (χ4n) is 4.63. The van der Waals surface area contributed by atoms with Crippen molar-refractivity contribution in [1.29, 1.82) is 0 Å². The van der Waals surface area contributed by atoms with E-state index < -0.39 is 0 Å². The van der Waals surface area contributed by atoms with Crippen LogP contribution in [0.2, 0.25) is 0 Å². The van der Waals surface area contributed by atoms with Crippen molar-refractivity contribution in [3.05, 3.63) is 132 Å². The van der Waals surface area contributed by atoms with Gasteiger partial charge in [0, 0.05) is 29.8 Å². The van der Waals surface area contributed by atoms with E-state index in [-0.39, 0.29) is 40.6 Å². The zero-order valence-electron chi connectivity index (χ0n) is 25.8. The number of aromatic nitrogens is 4. The molecule has 0 saturated heterocycles. The summed E-state index contributed by atoms with van der Waals surface area (Å²) in [6.07, 6.45) is 4.40. The summed E-state index contributed by atoms with van der Waals surface area (Å²) in [6.45, 7) is 3.93. The van der Waals surface area contributed by atoms with Gasteiger partial charge in [-0.15, -0.1) is 0 Å². The second-order valence-electron chi connectivity index (χ2n) is 10.1. The van der Waals surface area contributed by atoms with Crippen LogP contribution in [0.4, 0.5) is 11.4 Å². The van der Waals surface area contributed by atoms with E-state index in [1.807, 2.05) is 74.5 Å². The van der Waals surface area contributed by atoms with Gasteiger partial charge < -0.3 is 20.4 Å². The van der Waals surface area contributed by atoms with Crippen molar-refractivity contribution < 1.29 is 37.8 Å². The summed E-state index contributed by atoms with van der Waals surface area (Å²) < 4.78 is 2.98. The summed E-state index contributed by atoms with van der Waals surface area (Å²) in [5.41, 5.74) is 5.04. The molecule has 0 aliphatic rings. The van der Waals surface area contributed by atoms with Crippen molar-refractivity contribution in [3.63, 3.8) is 0 Å². The smallest absolute Gasteiger partial charge is 0.223 e. The number of phenolic OH excluding ortho intramolecular Hbond substituents is 2. The van der Waals surface area contributed by atoms with Gasteiger partial charge >= 0.3 is 0 Å². The van der Waals surface area contributed by atoms with Crippen molar-refractivity contribution in [2.24, 2.45) is 9.98 Å². The molecule has 10 nitrogen and oxygen atoms in total. The molecule has 6 rings (SSSR count). The molecule has 6 aromatic rings. The molecule has 4 aromatic carbocycles. The van der Waals surface area contributed by atoms with E-state index in [4.69, 9.17) is 0 Å². The molecule has 0 unspecified atom stereocenters. The summed E-state index contributed by atoms with van der Waals surface area (Å²) in [4.78, 5) is 8.53. The number of aliphatic imine (C=N–C) groups is 2. The van der Waals surface area contributed by atoms with Gasteiger partial charge in [-0.25, -0.2) is 9.36 Å². The number of rotatable bonds is 8. The Bertz CT molecular complexity index is 1830. The average Bonchev–Trinajstić information content (AvgIpc) is 3.59. The van der Waals surface area contributed by atoms with E-state index in [1.165, 1.54) is 21.8 Å². The number of phenols is 2. The number of para-hydroxylation sites is 6. The number of hydrogen-bond donors (Lipinski definition) is 4. The zero-order chi connectivity index (χ0) is 32.5. The van der Waals surface area contributed by atoms with Gasteiger partial charge in [0.2, 0.25) is 11.8 Å². The maximum Gasteiger partial charge on any atom is 0.223 e. The molecule has 238 valence electrons. The van der Waals surface area contributed by atoms with Gasteiger partial charge in [-0.05, 0) is 61.4 Å². The third-order valence-corrected chi connectivity index (χ3v) is 7.05. The molecule has 0 fully saturated rings. The van der Waals surface area contributed by atoms with Gasteiger partial charge in [0.1, 0.15) is 22.9 Å². The molecule has 4 N–H and O–H groups in total. The number of hydrogen-bond acceptors (Lipinski definition) is 8. The minimum Gasteiger partial charge on any atom is -0.506 e. The standard InChI is InChI=1S/2C18H17N3O2.Cr/c2*1-2-15-14(12-19-16-10-6-7-11-17(16)22)18(23)21(20-15)13-8-4-3-5-9-13;/h2*3-12,22-23H,2H2,1H3;. The largest absolute Gasteiger partial charge is 0.506 e. The van der Waals surface area contributed by atoms with Gasteiger partial charge in [0.15, 0.2) is 0 Å². The molecule has 0 saturated carbocycles. The van der Waals surface area contributed by atoms with Crippen LogP contribution in [0.5, 0.6) is 23.3 Å². The monoisotopic (exact) mass is 666 g/mol. The first-order chi connectivity index (χ1) is 22.4. The van der Waals surface area contributed by atoms with Crippen LogP contribution in [0.25, 0.3) is 11.4 Å². The quantitative estimate of drug-likeness (QED) is 0.127. The normalized spacial score (nSPS) is 10.9. The first kappa shape index (κ1) is 34.2. The van der Waals surface area contributed by atoms with E-state index >= 15 is 0 Å². The molecule has 11 heteroatoms. The third kappa shape index (κ3) is 7.97. The summed E-state index contributed by atoms with van der Waals surface area (Å²) >= 11 is 0. The molecule has 0 radical (unpaired) electrons. The second kappa shape index (κ2) is 16.1. The molecule has 47 heavy (non-hydrogen) atoms. The van der Waals surface area contributed by atoms with Gasteiger partial charge in [-0.2, -0.15) is 10.2 Å². The number of benzene rings is 4. The van der Waals surface area contributed by atoms with Crippen LogP contribution in [-0.2, 0) is 30.2 Å². The minimum absolute atomic E-state index is 0. The Hall–Kier alpha value is -5.63. The van der Waals surface area contributed by atoms with E-state index in [2.05, 4.69) is 20.2 Å². The van der Waals surface area contributed by atoms with Crippen LogP contribution in [0.15, 0.2) is 119 Å². The first-order valence-electron chi connectivity index (χ1n) is 14.8. The van der Waals surface area contributed by atoms with Crippen molar-refractivity contribution in [1.82, 2.24) is 19.6 Å². The average molecular weight is 667 g/mol. The van der Waals surface area contributed by atoms with Crippen molar-refractivity contribution >= 4 is 23.8 Å². The van der Waals surface area contributed by atoms with Crippen LogP contribution in [0, 0.1) is 0 Å². The van der Waals surface area contributed by atoms with E-state index in [9.17, 15) is 20.4 Å². The first-order valence-corrected chi connectivity index (χ1v) is 14.8. The molecule has 0 spiro atoms. The molecular formula is C36H34CrN6O4. The van der Waals surface area contributed by atoms with E-state index in [0.29, 0.717) is 35.3 Å². The van der Waals surface area contributed by atoms with Crippen LogP contribution in [-0.4, -0.2) is 52.4 Å². The topological polar surface area (TPSA) is 141 Å². The fraction of sp³-hybridized carbons (Fsp3) is 0.111. The molecule has 0 bridgehead atoms. The number of nitrogens with zero attached hydrogens (tertiary/aromatic N) is 6. The molecular weight excluding hydrogens is 632 g/mol. The van der Waals surface area contributed by atoms with Gasteiger partial charge in [-0.1, -0.05) is 74.5 Å². The number of aryl methyl sites for hydroxylation is 2. The van der Waals surface area contributed by atoms with Crippen LogP contribution < -0.4 is 0 Å². The maximum atomic E-state index is 10.5. The Morgan fingerprint density at radius 1 is 0.532 bits per heavy atom. The Morgan fingerprint density at radius 3 is 1.21 bits per heavy atom. The van der Waals surface area contributed by atoms with Crippen molar-refractivity contribution in [2.45, 2.75) is 26.7 Å². The van der Waals surface area contributed by atoms with Gasteiger partial charge in [-0.3, -0.25) is 9.98 Å². The summed E-state index contributed by atoms with van der Waals surface area (Å²) in [6, 6.07) is 32.4. The van der Waals surface area contributed by atoms with Crippen molar-refractivity contribution in [3.8, 4) is 34.6 Å². The predicted octanol–water partition coefficient (Wildman–Crippen LogP) is 7.19. The Kier molecular flexibility index (Phi) is 11.7. The summed E-state index contributed by atoms with van der Waals surface area (Å²) in [7, 11) is 0. The Balaban J connectivity index is 0.000000208. The van der Waals surface area contributed by atoms with Gasteiger partial charge in [0.25, 0.3) is 0 Å². The number of aromatic hydroxyl groups is 4. The summed E-state index contributed by atoms with van der Waals surface area (Å²) in [5.74, 6) is 0.257. The SMILES string of the molecule is CCc1nn(-c2ccccc2)c(O)c1C=Nc1ccccc1O.CCc1nn(-c2ccccc2)c(O)c1C=Nc1ccccc1O.[Cr]. The fourth-order valence-corrected chi connectivity index (χ4v) is 4.63. The Morgan fingerprint density at radius 2 is 0.872 bits per heavy atom. The molecule has 2 heterocycles. The maximum absolute atomic E-state index is 10.5. The minimum atomic E-state index is 0. The molecule has 0 aliphatic carbocycles. The Labute approximate surface area is 283 Å². The zero-order valence-corrected chi connectivity index (χ0v) is 27.1. The van der Waals surface area contributed by atoms with Crippen LogP contribution in [0.1, 0.15) is 36.4 Å². The van der Waals surface area contributed by atoms with E-state index in [1.54, 1.807) is 48.5 Å². The third-order valence-electron chi connectivity index (χ3n) is 7.05. The van der Waals surface area contributed by atoms with Gasteiger partial charge in [0.05, 0.1) is 33.9 Å². The molecule has 2 aromatic heterocycles. The van der Waals surface area contributed by atoms with Crippen LogP contribution >= 0.6 is 0 Å². The molecule has 0 amide bonds. The van der Waals surface area contributed by atoms with Crippen molar-refractivity contribution in [2.75, 3.05) is 0 Å². The van der Waals surface area contributed by atoms with E-state index in [0.717, 1.165) is 22.8 Å².